The van der Waals surface area contributed by atoms with Gasteiger partial charge in [-0.1, -0.05) is 186 Å². The molecule has 0 aliphatic carbocycles. The number of rotatable bonds is 44. The first-order valence-corrected chi connectivity index (χ1v) is 24.9. The molecule has 1 unspecified atom stereocenters. The van der Waals surface area contributed by atoms with E-state index in [9.17, 15) is 23.8 Å². The number of nitrogens with two attached hydrogens (primary N) is 1. The van der Waals surface area contributed by atoms with E-state index in [0.29, 0.717) is 12.8 Å². The average Bonchev–Trinajstić information content (AvgIpc) is 3.20. The van der Waals surface area contributed by atoms with E-state index in [1.807, 2.05) is 0 Å². The molecule has 0 aromatic rings. The van der Waals surface area contributed by atoms with E-state index in [0.717, 1.165) is 64.2 Å². The zero-order chi connectivity index (χ0) is 42.8. The number of phosphoric ester groups is 1. The number of unbranched alkanes of at least 4 members (excludes halogenated alkanes) is 26. The van der Waals surface area contributed by atoms with Gasteiger partial charge in [-0.05, 0) is 44.9 Å². The fourth-order valence-electron chi connectivity index (χ4n) is 6.51. The highest BCUT2D eigenvalue weighted by atomic mass is 31.2. The van der Waals surface area contributed by atoms with Crippen LogP contribution >= 0.6 is 7.82 Å². The lowest BCUT2D eigenvalue weighted by Crippen LogP contribution is -2.34. The molecule has 0 rings (SSSR count). The molecule has 340 valence electrons. The van der Waals surface area contributed by atoms with Crippen molar-refractivity contribution in [3.05, 3.63) is 24.3 Å². The van der Waals surface area contributed by atoms with Gasteiger partial charge in [0.2, 0.25) is 0 Å². The van der Waals surface area contributed by atoms with Crippen molar-refractivity contribution in [3.8, 4) is 0 Å². The number of hydrogen-bond donors (Lipinski definition) is 3. The quantitative estimate of drug-likeness (QED) is 0.0231. The predicted molar refractivity (Wildman–Crippen MR) is 236 cm³/mol. The maximum atomic E-state index is 12.6. The molecule has 0 aliphatic rings. The molecule has 12 heteroatoms. The Hall–Kier alpha value is -2.04. The van der Waals surface area contributed by atoms with Gasteiger partial charge in [0.05, 0.1) is 13.2 Å². The number of carbonyl (C=O) groups excluding carboxylic acids is 2. The first-order chi connectivity index (χ1) is 28.1. The van der Waals surface area contributed by atoms with Crippen LogP contribution < -0.4 is 5.73 Å². The SMILES string of the molecule is CCCCC/C=C/C/C=C/CCCCCCCC(=O)O[C@H](COC(=O)CCCCCCCCCCCCCCCCCCCCC)COP(=O)(O)OC[C@H](N)C(=O)O. The Morgan fingerprint density at radius 1 is 0.534 bits per heavy atom. The van der Waals surface area contributed by atoms with E-state index in [2.05, 4.69) is 42.7 Å². The minimum Gasteiger partial charge on any atom is -0.480 e. The van der Waals surface area contributed by atoms with Crippen molar-refractivity contribution in [2.45, 2.75) is 231 Å². The molecule has 0 bridgehead atoms. The van der Waals surface area contributed by atoms with E-state index < -0.39 is 51.1 Å². The second-order valence-electron chi connectivity index (χ2n) is 15.9. The Kier molecular flexibility index (Phi) is 40.2. The maximum Gasteiger partial charge on any atom is 0.472 e. The third-order valence-corrected chi connectivity index (χ3v) is 11.2. The van der Waals surface area contributed by atoms with Crippen LogP contribution in [0, 0.1) is 0 Å². The molecule has 0 amide bonds. The summed E-state index contributed by atoms with van der Waals surface area (Å²) in [6.07, 6.45) is 43.8. The van der Waals surface area contributed by atoms with Crippen LogP contribution in [0.5, 0.6) is 0 Å². The third kappa shape index (κ3) is 40.7. The molecule has 0 spiro atoms. The van der Waals surface area contributed by atoms with Crippen LogP contribution in [-0.2, 0) is 37.5 Å². The molecular weight excluding hydrogens is 757 g/mol. The summed E-state index contributed by atoms with van der Waals surface area (Å²) in [5, 5.41) is 8.90. The van der Waals surface area contributed by atoms with Crippen LogP contribution in [0.2, 0.25) is 0 Å². The van der Waals surface area contributed by atoms with E-state index >= 15 is 0 Å². The van der Waals surface area contributed by atoms with E-state index in [1.165, 1.54) is 116 Å². The first kappa shape index (κ1) is 56.0. The summed E-state index contributed by atoms with van der Waals surface area (Å²) < 4.78 is 32.7. The molecule has 0 fully saturated rings. The number of hydrogen-bond acceptors (Lipinski definition) is 9. The summed E-state index contributed by atoms with van der Waals surface area (Å²) in [5.74, 6) is -2.38. The molecule has 0 aliphatic heterocycles. The molecule has 0 aromatic heterocycles. The van der Waals surface area contributed by atoms with Crippen LogP contribution in [0.25, 0.3) is 0 Å². The molecule has 0 radical (unpaired) electrons. The second-order valence-corrected chi connectivity index (χ2v) is 17.3. The fourth-order valence-corrected chi connectivity index (χ4v) is 7.29. The summed E-state index contributed by atoms with van der Waals surface area (Å²) in [4.78, 5) is 46.0. The molecule has 0 aromatic carbocycles. The number of esters is 2. The van der Waals surface area contributed by atoms with Crippen LogP contribution in [0.3, 0.4) is 0 Å². The average molecular weight is 844 g/mol. The number of carboxylic acids is 1. The smallest absolute Gasteiger partial charge is 0.472 e. The molecule has 58 heavy (non-hydrogen) atoms. The molecule has 4 N–H and O–H groups in total. The van der Waals surface area contributed by atoms with Gasteiger partial charge < -0.3 is 25.2 Å². The Balaban J connectivity index is 4.29. The maximum absolute atomic E-state index is 12.6. The lowest BCUT2D eigenvalue weighted by Gasteiger charge is -2.20. The van der Waals surface area contributed by atoms with Crippen molar-refractivity contribution in [2.24, 2.45) is 5.73 Å². The molecular formula is C46H86NO10P. The van der Waals surface area contributed by atoms with Crippen molar-refractivity contribution in [1.82, 2.24) is 0 Å². The van der Waals surface area contributed by atoms with Gasteiger partial charge in [-0.2, -0.15) is 0 Å². The second kappa shape index (κ2) is 41.7. The van der Waals surface area contributed by atoms with Gasteiger partial charge in [0.1, 0.15) is 12.6 Å². The molecule has 0 heterocycles. The standard InChI is InChI=1S/C46H86NO10P/c1-3-5-7-9-11-13-15-17-19-20-21-22-24-25-27-29-31-33-35-37-44(48)54-39-42(40-55-58(52,53)56-41-43(47)46(50)51)57-45(49)38-36-34-32-30-28-26-23-18-16-14-12-10-8-6-4-2/h12,14,18,23,42-43H,3-11,13,15-17,19-22,24-41,47H2,1-2H3,(H,50,51)(H,52,53)/b14-12+,23-18+/t42-,43+/m1/s1. The lowest BCUT2D eigenvalue weighted by atomic mass is 10.0. The number of phosphoric acid groups is 1. The topological polar surface area (TPSA) is 172 Å². The van der Waals surface area contributed by atoms with Crippen molar-refractivity contribution >= 4 is 25.7 Å². The van der Waals surface area contributed by atoms with E-state index in [-0.39, 0.29) is 19.4 Å². The highest BCUT2D eigenvalue weighted by Crippen LogP contribution is 2.43. The summed E-state index contributed by atoms with van der Waals surface area (Å²) in [6, 6.07) is -1.52. The summed E-state index contributed by atoms with van der Waals surface area (Å²) >= 11 is 0. The van der Waals surface area contributed by atoms with E-state index in [4.69, 9.17) is 24.8 Å². The Labute approximate surface area is 353 Å². The normalized spacial score (nSPS) is 13.9. The highest BCUT2D eigenvalue weighted by Gasteiger charge is 2.28. The van der Waals surface area contributed by atoms with Crippen molar-refractivity contribution < 1.29 is 47.5 Å². The molecule has 0 saturated carbocycles. The van der Waals surface area contributed by atoms with Crippen molar-refractivity contribution in [3.63, 3.8) is 0 Å². The number of aliphatic carboxylic acids is 1. The van der Waals surface area contributed by atoms with Crippen molar-refractivity contribution in [1.29, 1.82) is 0 Å². The minimum atomic E-state index is -4.72. The minimum absolute atomic E-state index is 0.148. The highest BCUT2D eigenvalue weighted by molar-refractivity contribution is 7.47. The van der Waals surface area contributed by atoms with Gasteiger partial charge in [0.25, 0.3) is 0 Å². The van der Waals surface area contributed by atoms with Gasteiger partial charge in [-0.15, -0.1) is 0 Å². The zero-order valence-corrected chi connectivity index (χ0v) is 37.8. The number of carboxylic acid groups (broad SMARTS) is 1. The van der Waals surface area contributed by atoms with Crippen LogP contribution in [0.15, 0.2) is 24.3 Å². The van der Waals surface area contributed by atoms with Crippen LogP contribution in [-0.4, -0.2) is 59.9 Å². The van der Waals surface area contributed by atoms with Gasteiger partial charge in [-0.25, -0.2) is 4.57 Å². The van der Waals surface area contributed by atoms with Gasteiger partial charge in [-0.3, -0.25) is 23.4 Å². The molecule has 11 nitrogen and oxygen atoms in total. The van der Waals surface area contributed by atoms with Crippen LogP contribution in [0.1, 0.15) is 219 Å². The van der Waals surface area contributed by atoms with Gasteiger partial charge in [0.15, 0.2) is 6.10 Å². The summed E-state index contributed by atoms with van der Waals surface area (Å²) in [6.45, 7) is 2.79. The monoisotopic (exact) mass is 844 g/mol. The Morgan fingerprint density at radius 3 is 1.38 bits per heavy atom. The Morgan fingerprint density at radius 2 is 0.914 bits per heavy atom. The molecule has 3 atom stereocenters. The van der Waals surface area contributed by atoms with E-state index in [1.54, 1.807) is 0 Å². The predicted octanol–water partition coefficient (Wildman–Crippen LogP) is 12.6. The van der Waals surface area contributed by atoms with Crippen molar-refractivity contribution in [2.75, 3.05) is 19.8 Å². The van der Waals surface area contributed by atoms with Crippen LogP contribution in [0.4, 0.5) is 0 Å². The summed E-state index contributed by atoms with van der Waals surface area (Å²) in [7, 11) is -4.72. The van der Waals surface area contributed by atoms with Gasteiger partial charge >= 0.3 is 25.7 Å². The lowest BCUT2D eigenvalue weighted by molar-refractivity contribution is -0.161. The fraction of sp³-hybridized carbons (Fsp3) is 0.848. The van der Waals surface area contributed by atoms with Gasteiger partial charge in [0, 0.05) is 12.8 Å². The zero-order valence-electron chi connectivity index (χ0n) is 36.9. The molecule has 0 saturated heterocycles. The largest absolute Gasteiger partial charge is 0.480 e. The number of carbonyl (C=O) groups is 3. The number of ether oxygens (including phenoxy) is 2. The number of allylic oxidation sites excluding steroid dienone is 4. The Bertz CT molecular complexity index is 1080. The summed E-state index contributed by atoms with van der Waals surface area (Å²) in [5.41, 5.74) is 5.34. The third-order valence-electron chi connectivity index (χ3n) is 10.2. The first-order valence-electron chi connectivity index (χ1n) is 23.4.